The summed E-state index contributed by atoms with van der Waals surface area (Å²) in [5.41, 5.74) is 9.47. The first-order valence-electron chi connectivity index (χ1n) is 6.10. The van der Waals surface area contributed by atoms with Crippen molar-refractivity contribution in [2.24, 2.45) is 5.92 Å². The normalized spacial score (nSPS) is 12.2. The van der Waals surface area contributed by atoms with Crippen molar-refractivity contribution in [3.8, 4) is 0 Å². The molecule has 0 spiro atoms. The Labute approximate surface area is 103 Å². The van der Waals surface area contributed by atoms with Crippen LogP contribution in [0.4, 0.5) is 11.4 Å². The van der Waals surface area contributed by atoms with Gasteiger partial charge in [-0.25, -0.2) is 0 Å². The van der Waals surface area contributed by atoms with Crippen LogP contribution in [0.3, 0.4) is 0 Å². The molecule has 1 amide bonds. The van der Waals surface area contributed by atoms with Crippen LogP contribution in [-0.2, 0) is 4.79 Å². The van der Waals surface area contributed by atoms with E-state index in [0.29, 0.717) is 12.3 Å². The molecule has 3 nitrogen and oxygen atoms in total. The number of nitrogens with one attached hydrogen (secondary N) is 1. The average molecular weight is 234 g/mol. The zero-order valence-corrected chi connectivity index (χ0v) is 11.1. The van der Waals surface area contributed by atoms with Crippen LogP contribution in [0.2, 0.25) is 0 Å². The van der Waals surface area contributed by atoms with Crippen molar-refractivity contribution in [3.63, 3.8) is 0 Å². The number of anilines is 2. The second-order valence-electron chi connectivity index (χ2n) is 4.79. The molecule has 1 rings (SSSR count). The maximum absolute atomic E-state index is 11.8. The van der Waals surface area contributed by atoms with E-state index in [4.69, 9.17) is 5.73 Å². The summed E-state index contributed by atoms with van der Waals surface area (Å²) in [6.07, 6.45) is 1.58. The van der Waals surface area contributed by atoms with Gasteiger partial charge in [-0.05, 0) is 37.0 Å². The molecule has 0 saturated heterocycles. The van der Waals surface area contributed by atoms with Crippen LogP contribution in [0.15, 0.2) is 12.1 Å². The minimum absolute atomic E-state index is 0.0608. The van der Waals surface area contributed by atoms with Gasteiger partial charge in [-0.15, -0.1) is 0 Å². The minimum atomic E-state index is 0.0608. The van der Waals surface area contributed by atoms with E-state index in [1.807, 2.05) is 26.0 Å². The molecule has 0 aromatic heterocycles. The highest BCUT2D eigenvalue weighted by atomic mass is 16.1. The van der Waals surface area contributed by atoms with Gasteiger partial charge in [-0.2, -0.15) is 0 Å². The first kappa shape index (κ1) is 13.6. The number of carbonyl (C=O) groups excluding carboxylic acids is 1. The lowest BCUT2D eigenvalue weighted by Crippen LogP contribution is -2.15. The topological polar surface area (TPSA) is 55.1 Å². The molecular weight excluding hydrogens is 212 g/mol. The molecule has 1 aromatic carbocycles. The Balaban J connectivity index is 2.75. The van der Waals surface area contributed by atoms with Crippen molar-refractivity contribution in [2.75, 3.05) is 11.1 Å². The van der Waals surface area contributed by atoms with Crippen LogP contribution in [0.25, 0.3) is 0 Å². The van der Waals surface area contributed by atoms with Crippen LogP contribution in [-0.4, -0.2) is 5.91 Å². The Morgan fingerprint density at radius 1 is 1.35 bits per heavy atom. The molecule has 3 N–H and O–H groups in total. The summed E-state index contributed by atoms with van der Waals surface area (Å²) >= 11 is 0. The Bertz CT molecular complexity index is 413. The molecule has 3 heteroatoms. The molecule has 0 saturated carbocycles. The number of hydrogen-bond donors (Lipinski definition) is 2. The largest absolute Gasteiger partial charge is 0.398 e. The van der Waals surface area contributed by atoms with Crippen LogP contribution in [0.1, 0.15) is 37.8 Å². The Kier molecular flexibility index (Phi) is 4.55. The number of rotatable bonds is 4. The molecule has 0 fully saturated rings. The van der Waals surface area contributed by atoms with E-state index >= 15 is 0 Å². The van der Waals surface area contributed by atoms with E-state index in [1.54, 1.807) is 0 Å². The number of amides is 1. The number of benzene rings is 1. The van der Waals surface area contributed by atoms with Crippen molar-refractivity contribution in [1.29, 1.82) is 0 Å². The fourth-order valence-corrected chi connectivity index (χ4v) is 1.67. The third-order valence-electron chi connectivity index (χ3n) is 3.12. The number of aryl methyl sites for hydroxylation is 2. The quantitative estimate of drug-likeness (QED) is 0.786. The van der Waals surface area contributed by atoms with Crippen LogP contribution >= 0.6 is 0 Å². The smallest absolute Gasteiger partial charge is 0.224 e. The highest BCUT2D eigenvalue weighted by Gasteiger charge is 2.09. The second-order valence-corrected chi connectivity index (χ2v) is 4.79. The minimum Gasteiger partial charge on any atom is -0.398 e. The Morgan fingerprint density at radius 3 is 2.59 bits per heavy atom. The van der Waals surface area contributed by atoms with Gasteiger partial charge in [0.25, 0.3) is 0 Å². The van der Waals surface area contributed by atoms with Gasteiger partial charge >= 0.3 is 0 Å². The second kappa shape index (κ2) is 5.71. The van der Waals surface area contributed by atoms with Gasteiger partial charge in [0.05, 0.1) is 0 Å². The zero-order valence-electron chi connectivity index (χ0n) is 11.1. The molecule has 17 heavy (non-hydrogen) atoms. The molecule has 0 bridgehead atoms. The van der Waals surface area contributed by atoms with Crippen molar-refractivity contribution in [2.45, 2.75) is 40.5 Å². The van der Waals surface area contributed by atoms with Crippen molar-refractivity contribution in [3.05, 3.63) is 23.3 Å². The third-order valence-corrected chi connectivity index (χ3v) is 3.12. The SMILES string of the molecule is CCC(C)CC(=O)Nc1cc(N)c(C)cc1C. The van der Waals surface area contributed by atoms with Crippen LogP contribution in [0, 0.1) is 19.8 Å². The fraction of sp³-hybridized carbons (Fsp3) is 0.500. The van der Waals surface area contributed by atoms with Crippen molar-refractivity contribution < 1.29 is 4.79 Å². The van der Waals surface area contributed by atoms with Gasteiger partial charge in [0.2, 0.25) is 5.91 Å². The van der Waals surface area contributed by atoms with Gasteiger partial charge in [-0.3, -0.25) is 4.79 Å². The number of carbonyl (C=O) groups is 1. The summed E-state index contributed by atoms with van der Waals surface area (Å²) in [6, 6.07) is 3.83. The summed E-state index contributed by atoms with van der Waals surface area (Å²) in [4.78, 5) is 11.8. The van der Waals surface area contributed by atoms with E-state index < -0.39 is 0 Å². The van der Waals surface area contributed by atoms with Crippen LogP contribution in [0.5, 0.6) is 0 Å². The van der Waals surface area contributed by atoms with Crippen LogP contribution < -0.4 is 11.1 Å². The Morgan fingerprint density at radius 2 is 2.00 bits per heavy atom. The maximum Gasteiger partial charge on any atom is 0.224 e. The van der Waals surface area contributed by atoms with Crippen molar-refractivity contribution in [1.82, 2.24) is 0 Å². The van der Waals surface area contributed by atoms with Gasteiger partial charge in [-0.1, -0.05) is 26.3 Å². The van der Waals surface area contributed by atoms with E-state index in [-0.39, 0.29) is 5.91 Å². The average Bonchev–Trinajstić information content (AvgIpc) is 2.25. The predicted octanol–water partition coefficient (Wildman–Crippen LogP) is 3.26. The standard InChI is InChI=1S/C14H22N2O/c1-5-9(2)6-14(17)16-13-8-12(15)10(3)7-11(13)4/h7-9H,5-6,15H2,1-4H3,(H,16,17). The highest BCUT2D eigenvalue weighted by molar-refractivity contribution is 5.92. The third kappa shape index (κ3) is 3.77. The van der Waals surface area contributed by atoms with E-state index in [2.05, 4.69) is 19.2 Å². The van der Waals surface area contributed by atoms with Gasteiger partial charge in [0, 0.05) is 17.8 Å². The molecule has 0 aliphatic heterocycles. The first-order chi connectivity index (χ1) is 7.93. The number of nitrogen functional groups attached to an aromatic ring is 1. The predicted molar refractivity (Wildman–Crippen MR) is 73.0 cm³/mol. The Hall–Kier alpha value is -1.51. The molecule has 0 heterocycles. The van der Waals surface area contributed by atoms with Gasteiger partial charge in [0.15, 0.2) is 0 Å². The summed E-state index contributed by atoms with van der Waals surface area (Å²) < 4.78 is 0. The summed E-state index contributed by atoms with van der Waals surface area (Å²) in [5.74, 6) is 0.476. The van der Waals surface area contributed by atoms with E-state index in [9.17, 15) is 4.79 Å². The lowest BCUT2D eigenvalue weighted by molar-refractivity contribution is -0.117. The fourth-order valence-electron chi connectivity index (χ4n) is 1.67. The lowest BCUT2D eigenvalue weighted by Gasteiger charge is -2.13. The lowest BCUT2D eigenvalue weighted by atomic mass is 10.0. The molecule has 94 valence electrons. The molecule has 0 radical (unpaired) electrons. The summed E-state index contributed by atoms with van der Waals surface area (Å²) in [5, 5.41) is 2.92. The monoisotopic (exact) mass is 234 g/mol. The molecule has 1 unspecified atom stereocenters. The van der Waals surface area contributed by atoms with E-state index in [1.165, 1.54) is 0 Å². The highest BCUT2D eigenvalue weighted by Crippen LogP contribution is 2.22. The van der Waals surface area contributed by atoms with Crippen molar-refractivity contribution >= 4 is 17.3 Å². The summed E-state index contributed by atoms with van der Waals surface area (Å²) in [6.45, 7) is 8.11. The zero-order chi connectivity index (χ0) is 13.0. The molecule has 0 aliphatic rings. The van der Waals surface area contributed by atoms with E-state index in [0.717, 1.165) is 28.9 Å². The molecule has 1 aromatic rings. The summed E-state index contributed by atoms with van der Waals surface area (Å²) in [7, 11) is 0. The van der Waals surface area contributed by atoms with Gasteiger partial charge < -0.3 is 11.1 Å². The molecule has 1 atom stereocenters. The first-order valence-corrected chi connectivity index (χ1v) is 6.10. The molecule has 0 aliphatic carbocycles. The number of nitrogens with two attached hydrogens (primary N) is 1. The van der Waals surface area contributed by atoms with Gasteiger partial charge in [0.1, 0.15) is 0 Å². The maximum atomic E-state index is 11.8. The molecular formula is C14H22N2O. The number of hydrogen-bond acceptors (Lipinski definition) is 2.